The van der Waals surface area contributed by atoms with Crippen molar-refractivity contribution in [2.45, 2.75) is 64.6 Å². The van der Waals surface area contributed by atoms with Crippen molar-refractivity contribution < 1.29 is 28.6 Å². The van der Waals surface area contributed by atoms with E-state index in [0.29, 0.717) is 25.9 Å². The quantitative estimate of drug-likeness (QED) is 0.614. The summed E-state index contributed by atoms with van der Waals surface area (Å²) < 4.78 is 16.6. The summed E-state index contributed by atoms with van der Waals surface area (Å²) in [5, 5.41) is 11.3. The van der Waals surface area contributed by atoms with Crippen LogP contribution in [-0.4, -0.2) is 41.8 Å². The average molecular weight is 390 g/mol. The molecule has 3 fully saturated rings. The van der Waals surface area contributed by atoms with Crippen LogP contribution in [0.5, 0.6) is 0 Å². The smallest absolute Gasteiger partial charge is 0.302 e. The van der Waals surface area contributed by atoms with Crippen LogP contribution >= 0.6 is 0 Å². The molecule has 2 heterocycles. The number of rotatable bonds is 5. The second-order valence-electron chi connectivity index (χ2n) is 9.29. The zero-order valence-corrected chi connectivity index (χ0v) is 16.9. The molecule has 6 heteroatoms. The van der Waals surface area contributed by atoms with Crippen LogP contribution in [0.4, 0.5) is 0 Å². The van der Waals surface area contributed by atoms with Gasteiger partial charge in [0.05, 0.1) is 30.7 Å². The van der Waals surface area contributed by atoms with E-state index >= 15 is 0 Å². The van der Waals surface area contributed by atoms with E-state index in [4.69, 9.17) is 13.9 Å². The van der Waals surface area contributed by atoms with Crippen LogP contribution in [0.3, 0.4) is 0 Å². The number of hydrogen-bond acceptors (Lipinski definition) is 6. The highest BCUT2D eigenvalue weighted by atomic mass is 16.6. The number of esters is 1. The molecule has 2 aliphatic carbocycles. The predicted molar refractivity (Wildman–Crippen MR) is 100 cm³/mol. The maximum atomic E-state index is 13.3. The van der Waals surface area contributed by atoms with Gasteiger partial charge in [0.2, 0.25) is 0 Å². The summed E-state index contributed by atoms with van der Waals surface area (Å²) in [7, 11) is 0. The second kappa shape index (κ2) is 6.70. The summed E-state index contributed by atoms with van der Waals surface area (Å²) in [6.45, 7) is 6.20. The zero-order valence-electron chi connectivity index (χ0n) is 16.9. The molecular weight excluding hydrogens is 360 g/mol. The fraction of sp³-hybridized carbons (Fsp3) is 0.727. The van der Waals surface area contributed by atoms with Crippen LogP contribution in [0, 0.1) is 22.7 Å². The van der Waals surface area contributed by atoms with Crippen molar-refractivity contribution in [1.82, 2.24) is 0 Å². The molecule has 0 aromatic carbocycles. The van der Waals surface area contributed by atoms with Crippen LogP contribution in [0.1, 0.15) is 52.0 Å². The van der Waals surface area contributed by atoms with E-state index in [0.717, 1.165) is 18.4 Å². The molecule has 154 valence electrons. The Morgan fingerprint density at radius 2 is 2.18 bits per heavy atom. The van der Waals surface area contributed by atoms with E-state index in [1.54, 1.807) is 12.5 Å². The highest BCUT2D eigenvalue weighted by Gasteiger charge is 2.75. The molecule has 0 radical (unpaired) electrons. The van der Waals surface area contributed by atoms with Gasteiger partial charge in [-0.1, -0.05) is 13.8 Å². The largest absolute Gasteiger partial charge is 0.472 e. The number of fused-ring (bicyclic) bond motifs is 2. The summed E-state index contributed by atoms with van der Waals surface area (Å²) in [6.07, 6.45) is 5.88. The topological polar surface area (TPSA) is 89.3 Å². The third-order valence-electron chi connectivity index (χ3n) is 7.96. The van der Waals surface area contributed by atoms with Crippen LogP contribution in [0.25, 0.3) is 0 Å². The van der Waals surface area contributed by atoms with Crippen molar-refractivity contribution in [1.29, 1.82) is 0 Å². The number of carbonyl (C=O) groups excluding carboxylic acids is 2. The molecule has 0 bridgehead atoms. The minimum Gasteiger partial charge on any atom is -0.472 e. The highest BCUT2D eigenvalue weighted by molar-refractivity contribution is 5.85. The lowest BCUT2D eigenvalue weighted by Crippen LogP contribution is -2.69. The molecule has 1 N–H and O–H groups in total. The first-order chi connectivity index (χ1) is 13.3. The van der Waals surface area contributed by atoms with Crippen molar-refractivity contribution in [2.24, 2.45) is 22.7 Å². The normalized spacial score (nSPS) is 42.3. The maximum absolute atomic E-state index is 13.3. The maximum Gasteiger partial charge on any atom is 0.302 e. The molecule has 0 amide bonds. The van der Waals surface area contributed by atoms with E-state index in [9.17, 15) is 14.7 Å². The van der Waals surface area contributed by atoms with Crippen molar-refractivity contribution in [3.05, 3.63) is 24.2 Å². The number of hydrogen-bond donors (Lipinski definition) is 1. The molecule has 1 aliphatic heterocycles. The van der Waals surface area contributed by atoms with Crippen molar-refractivity contribution >= 4 is 11.8 Å². The van der Waals surface area contributed by atoms with E-state index in [1.165, 1.54) is 6.92 Å². The summed E-state index contributed by atoms with van der Waals surface area (Å²) in [6, 6.07) is 1.95. The Bertz CT molecular complexity index is 751. The van der Waals surface area contributed by atoms with Gasteiger partial charge in [0, 0.05) is 19.3 Å². The van der Waals surface area contributed by atoms with Crippen LogP contribution < -0.4 is 0 Å². The van der Waals surface area contributed by atoms with Crippen LogP contribution in [-0.2, 0) is 25.5 Å². The first-order valence-electron chi connectivity index (χ1n) is 10.2. The molecule has 6 atom stereocenters. The molecule has 1 saturated heterocycles. The van der Waals surface area contributed by atoms with E-state index in [1.807, 2.05) is 6.07 Å². The SMILES string of the molecule is CC(=O)OC[C@@]12[C@H](O)C[C@@H](C)[C@](C)(CCc3ccoc3)[C@H]1C(=O)CC[C@]21CO1. The number of aliphatic hydroxyl groups excluding tert-OH is 1. The Labute approximate surface area is 165 Å². The number of Topliss-reactive ketones (excluding diaryl/α,β-unsaturated/α-hetero) is 1. The van der Waals surface area contributed by atoms with Gasteiger partial charge in [-0.15, -0.1) is 0 Å². The van der Waals surface area contributed by atoms with Gasteiger partial charge in [-0.05, 0) is 48.6 Å². The fourth-order valence-electron chi connectivity index (χ4n) is 6.08. The Kier molecular flexibility index (Phi) is 4.70. The van der Waals surface area contributed by atoms with Gasteiger partial charge in [-0.3, -0.25) is 9.59 Å². The predicted octanol–water partition coefficient (Wildman–Crippen LogP) is 2.92. The highest BCUT2D eigenvalue weighted by Crippen LogP contribution is 2.67. The fourth-order valence-corrected chi connectivity index (χ4v) is 6.08. The Hall–Kier alpha value is -1.66. The molecule has 1 spiro atoms. The first-order valence-corrected chi connectivity index (χ1v) is 10.2. The molecule has 28 heavy (non-hydrogen) atoms. The van der Waals surface area contributed by atoms with E-state index in [2.05, 4.69) is 13.8 Å². The van der Waals surface area contributed by atoms with Gasteiger partial charge in [-0.2, -0.15) is 0 Å². The molecule has 2 saturated carbocycles. The molecular formula is C22H30O6. The minimum atomic E-state index is -0.869. The number of carbonyl (C=O) groups is 2. The molecule has 4 rings (SSSR count). The van der Waals surface area contributed by atoms with Crippen LogP contribution in [0.15, 0.2) is 23.0 Å². The number of epoxide rings is 1. The van der Waals surface area contributed by atoms with Gasteiger partial charge >= 0.3 is 5.97 Å². The Balaban J connectivity index is 1.74. The van der Waals surface area contributed by atoms with Gasteiger partial charge in [0.15, 0.2) is 0 Å². The summed E-state index contributed by atoms with van der Waals surface area (Å²) in [4.78, 5) is 25.0. The second-order valence-corrected chi connectivity index (χ2v) is 9.29. The number of aliphatic hydroxyl groups is 1. The molecule has 1 aromatic heterocycles. The lowest BCUT2D eigenvalue weighted by atomic mass is 9.42. The summed E-state index contributed by atoms with van der Waals surface area (Å²) >= 11 is 0. The summed E-state index contributed by atoms with van der Waals surface area (Å²) in [5.74, 6) is -0.481. The standard InChI is InChI=1S/C22H30O6/c1-14-10-18(25)22(13-27-15(2)23)19(17(24)5-8-21(22)12-28-21)20(14,3)7-4-16-6-9-26-11-16/h6,9,11,14,18-19,25H,4-5,7-8,10,12-13H2,1-3H3/t14-,18-,19-,20+,21+,22-/m1/s1. The van der Waals surface area contributed by atoms with E-state index < -0.39 is 29.0 Å². The van der Waals surface area contributed by atoms with Gasteiger partial charge in [0.1, 0.15) is 18.0 Å². The molecule has 6 nitrogen and oxygen atoms in total. The molecule has 0 unspecified atom stereocenters. The van der Waals surface area contributed by atoms with Crippen LogP contribution in [0.2, 0.25) is 0 Å². The van der Waals surface area contributed by atoms with E-state index in [-0.39, 0.29) is 23.7 Å². The summed E-state index contributed by atoms with van der Waals surface area (Å²) in [5.41, 5.74) is -0.651. The molecule has 1 aromatic rings. The van der Waals surface area contributed by atoms with Crippen molar-refractivity contribution in [2.75, 3.05) is 13.2 Å². The van der Waals surface area contributed by atoms with Gasteiger partial charge < -0.3 is 19.0 Å². The number of furan rings is 1. The zero-order chi connectivity index (χ0) is 20.2. The lowest BCUT2D eigenvalue weighted by Gasteiger charge is -2.61. The van der Waals surface area contributed by atoms with Gasteiger partial charge in [0.25, 0.3) is 0 Å². The first kappa shape index (κ1) is 19.6. The minimum absolute atomic E-state index is 0.0356. The monoisotopic (exact) mass is 390 g/mol. The molecule has 3 aliphatic rings. The lowest BCUT2D eigenvalue weighted by molar-refractivity contribution is -0.214. The average Bonchev–Trinajstić information content (AvgIpc) is 3.23. The van der Waals surface area contributed by atoms with Crippen molar-refractivity contribution in [3.8, 4) is 0 Å². The van der Waals surface area contributed by atoms with Gasteiger partial charge in [-0.25, -0.2) is 0 Å². The van der Waals surface area contributed by atoms with Crippen molar-refractivity contribution in [3.63, 3.8) is 0 Å². The third kappa shape index (κ3) is 2.76. The number of ketones is 1. The third-order valence-corrected chi connectivity index (χ3v) is 7.96. The number of ether oxygens (including phenoxy) is 2. The number of aryl methyl sites for hydroxylation is 1. The Morgan fingerprint density at radius 3 is 2.79 bits per heavy atom. The Morgan fingerprint density at radius 1 is 1.43 bits per heavy atom.